The van der Waals surface area contributed by atoms with Gasteiger partial charge in [0, 0.05) is 17.5 Å². The standard InChI is InChI=1S/C17H28N2S/c1-2-4-6-8-10-16-15(9-7-5-3-1)19-17(20-16)13-18-14-11-12-14/h14,18H,1-13H2. The van der Waals surface area contributed by atoms with Crippen LogP contribution in [-0.4, -0.2) is 11.0 Å². The molecule has 0 aliphatic heterocycles. The minimum Gasteiger partial charge on any atom is -0.308 e. The molecule has 2 aliphatic carbocycles. The number of fused-ring (bicyclic) bond motifs is 1. The van der Waals surface area contributed by atoms with E-state index < -0.39 is 0 Å². The molecule has 112 valence electrons. The monoisotopic (exact) mass is 292 g/mol. The molecule has 0 amide bonds. The fourth-order valence-corrected chi connectivity index (χ4v) is 4.17. The van der Waals surface area contributed by atoms with E-state index in [1.165, 1.54) is 87.8 Å². The summed E-state index contributed by atoms with van der Waals surface area (Å²) in [7, 11) is 0. The molecule has 1 N–H and O–H groups in total. The van der Waals surface area contributed by atoms with Crippen LogP contribution in [0, 0.1) is 0 Å². The molecule has 20 heavy (non-hydrogen) atoms. The van der Waals surface area contributed by atoms with E-state index in [0.717, 1.165) is 12.6 Å². The minimum absolute atomic E-state index is 0.792. The maximum Gasteiger partial charge on any atom is 0.107 e. The lowest BCUT2D eigenvalue weighted by Gasteiger charge is -2.06. The number of aryl methyl sites for hydroxylation is 2. The molecule has 0 radical (unpaired) electrons. The number of hydrogen-bond donors (Lipinski definition) is 1. The van der Waals surface area contributed by atoms with Crippen molar-refractivity contribution in [3.05, 3.63) is 15.6 Å². The second-order valence-corrected chi connectivity index (χ2v) is 7.63. The first-order valence-corrected chi connectivity index (χ1v) is 9.44. The molecule has 1 aromatic rings. The third kappa shape index (κ3) is 4.56. The van der Waals surface area contributed by atoms with Gasteiger partial charge < -0.3 is 5.32 Å². The Bertz CT molecular complexity index is 380. The normalized spacial score (nSPS) is 21.8. The molecule has 2 nitrogen and oxygen atoms in total. The van der Waals surface area contributed by atoms with Crippen molar-refractivity contribution < 1.29 is 0 Å². The van der Waals surface area contributed by atoms with Crippen molar-refractivity contribution in [1.29, 1.82) is 0 Å². The fourth-order valence-electron chi connectivity index (χ4n) is 3.06. The van der Waals surface area contributed by atoms with E-state index in [4.69, 9.17) is 4.98 Å². The zero-order chi connectivity index (χ0) is 13.6. The molecule has 1 saturated carbocycles. The van der Waals surface area contributed by atoms with Crippen molar-refractivity contribution in [2.24, 2.45) is 0 Å². The topological polar surface area (TPSA) is 24.9 Å². The van der Waals surface area contributed by atoms with Crippen molar-refractivity contribution in [3.63, 3.8) is 0 Å². The number of nitrogens with zero attached hydrogens (tertiary/aromatic N) is 1. The van der Waals surface area contributed by atoms with E-state index in [2.05, 4.69) is 5.32 Å². The van der Waals surface area contributed by atoms with Crippen molar-refractivity contribution in [2.45, 2.75) is 89.6 Å². The largest absolute Gasteiger partial charge is 0.308 e. The summed E-state index contributed by atoms with van der Waals surface area (Å²) >= 11 is 1.98. The number of rotatable bonds is 3. The van der Waals surface area contributed by atoms with Crippen molar-refractivity contribution in [1.82, 2.24) is 10.3 Å². The first-order valence-electron chi connectivity index (χ1n) is 8.62. The lowest BCUT2D eigenvalue weighted by atomic mass is 10.0. The van der Waals surface area contributed by atoms with Crippen LogP contribution in [0.1, 0.15) is 79.8 Å². The van der Waals surface area contributed by atoms with Crippen LogP contribution in [-0.2, 0) is 19.4 Å². The molecule has 1 fully saturated rings. The SMILES string of the molecule is C1CCCCCc2sc(CNC3CC3)nc2CCCC1. The summed E-state index contributed by atoms with van der Waals surface area (Å²) < 4.78 is 0. The van der Waals surface area contributed by atoms with Crippen LogP contribution in [0.25, 0.3) is 0 Å². The van der Waals surface area contributed by atoms with E-state index in [9.17, 15) is 0 Å². The highest BCUT2D eigenvalue weighted by molar-refractivity contribution is 7.11. The Morgan fingerprint density at radius 1 is 0.900 bits per heavy atom. The summed E-state index contributed by atoms with van der Waals surface area (Å²) in [6.45, 7) is 1.00. The molecule has 2 aliphatic rings. The second kappa shape index (κ2) is 7.56. The maximum absolute atomic E-state index is 4.93. The van der Waals surface area contributed by atoms with Gasteiger partial charge in [-0.1, -0.05) is 38.5 Å². The Labute approximate surface area is 127 Å². The van der Waals surface area contributed by atoms with Gasteiger partial charge >= 0.3 is 0 Å². The lowest BCUT2D eigenvalue weighted by Crippen LogP contribution is -2.15. The van der Waals surface area contributed by atoms with Gasteiger partial charge in [0.05, 0.1) is 5.69 Å². The van der Waals surface area contributed by atoms with Gasteiger partial charge in [0.2, 0.25) is 0 Å². The van der Waals surface area contributed by atoms with Crippen LogP contribution < -0.4 is 5.32 Å². The van der Waals surface area contributed by atoms with Gasteiger partial charge in [-0.2, -0.15) is 0 Å². The molecule has 0 bridgehead atoms. The average Bonchev–Trinajstić information content (AvgIpc) is 3.19. The molecule has 1 aromatic heterocycles. The molecule has 0 spiro atoms. The lowest BCUT2D eigenvalue weighted by molar-refractivity contribution is 0.559. The second-order valence-electron chi connectivity index (χ2n) is 6.46. The van der Waals surface area contributed by atoms with Gasteiger partial charge in [-0.25, -0.2) is 4.98 Å². The molecule has 1 heterocycles. The Morgan fingerprint density at radius 2 is 1.55 bits per heavy atom. The summed E-state index contributed by atoms with van der Waals surface area (Å²) in [6, 6.07) is 0.792. The molecule has 3 rings (SSSR count). The zero-order valence-electron chi connectivity index (χ0n) is 12.6. The summed E-state index contributed by atoms with van der Waals surface area (Å²) in [4.78, 5) is 6.53. The van der Waals surface area contributed by atoms with Crippen LogP contribution >= 0.6 is 11.3 Å². The summed E-state index contributed by atoms with van der Waals surface area (Å²) in [6.07, 6.45) is 16.5. The van der Waals surface area contributed by atoms with Gasteiger partial charge in [0.1, 0.15) is 5.01 Å². The van der Waals surface area contributed by atoms with E-state index in [0.29, 0.717) is 0 Å². The Hall–Kier alpha value is -0.410. The van der Waals surface area contributed by atoms with E-state index in [1.54, 1.807) is 4.88 Å². The fraction of sp³-hybridized carbons (Fsp3) is 0.824. The molecule has 0 aromatic carbocycles. The van der Waals surface area contributed by atoms with Gasteiger partial charge in [-0.15, -0.1) is 11.3 Å². The highest BCUT2D eigenvalue weighted by Gasteiger charge is 2.21. The summed E-state index contributed by atoms with van der Waals surface area (Å²) in [5, 5.41) is 4.94. The van der Waals surface area contributed by atoms with Crippen LogP contribution in [0.2, 0.25) is 0 Å². The van der Waals surface area contributed by atoms with Gasteiger partial charge in [0.25, 0.3) is 0 Å². The van der Waals surface area contributed by atoms with Gasteiger partial charge in [-0.05, 0) is 38.5 Å². The number of thiazole rings is 1. The Morgan fingerprint density at radius 3 is 2.25 bits per heavy atom. The molecule has 0 saturated heterocycles. The number of hydrogen-bond acceptors (Lipinski definition) is 3. The Balaban J connectivity index is 1.60. The number of nitrogens with one attached hydrogen (secondary N) is 1. The average molecular weight is 292 g/mol. The predicted molar refractivity (Wildman–Crippen MR) is 86.3 cm³/mol. The molecule has 0 unspecified atom stereocenters. The third-order valence-corrected chi connectivity index (χ3v) is 5.67. The highest BCUT2D eigenvalue weighted by Crippen LogP contribution is 2.26. The first-order chi connectivity index (χ1) is 9.92. The summed E-state index contributed by atoms with van der Waals surface area (Å²) in [5.74, 6) is 0. The van der Waals surface area contributed by atoms with Crippen LogP contribution in [0.4, 0.5) is 0 Å². The quantitative estimate of drug-likeness (QED) is 0.879. The zero-order valence-corrected chi connectivity index (χ0v) is 13.4. The van der Waals surface area contributed by atoms with Crippen LogP contribution in [0.5, 0.6) is 0 Å². The van der Waals surface area contributed by atoms with Crippen LogP contribution in [0.3, 0.4) is 0 Å². The number of aromatic nitrogens is 1. The van der Waals surface area contributed by atoms with E-state index >= 15 is 0 Å². The molecule has 0 atom stereocenters. The molecular weight excluding hydrogens is 264 g/mol. The van der Waals surface area contributed by atoms with E-state index in [1.807, 2.05) is 11.3 Å². The molecule has 3 heteroatoms. The van der Waals surface area contributed by atoms with Crippen molar-refractivity contribution in [2.75, 3.05) is 0 Å². The smallest absolute Gasteiger partial charge is 0.107 e. The minimum atomic E-state index is 0.792. The third-order valence-electron chi connectivity index (χ3n) is 4.51. The molecular formula is C17H28N2S. The highest BCUT2D eigenvalue weighted by atomic mass is 32.1. The maximum atomic E-state index is 4.93. The van der Waals surface area contributed by atoms with Gasteiger partial charge in [0.15, 0.2) is 0 Å². The first kappa shape index (κ1) is 14.5. The Kier molecular flexibility index (Phi) is 5.49. The van der Waals surface area contributed by atoms with Crippen LogP contribution in [0.15, 0.2) is 0 Å². The van der Waals surface area contributed by atoms with Crippen molar-refractivity contribution >= 4 is 11.3 Å². The van der Waals surface area contributed by atoms with Gasteiger partial charge in [-0.3, -0.25) is 0 Å². The van der Waals surface area contributed by atoms with E-state index in [-0.39, 0.29) is 0 Å². The van der Waals surface area contributed by atoms with Crippen molar-refractivity contribution in [3.8, 4) is 0 Å². The predicted octanol–water partition coefficient (Wildman–Crippen LogP) is 4.61. The summed E-state index contributed by atoms with van der Waals surface area (Å²) in [5.41, 5.74) is 1.43.